The molecule has 1 aliphatic heterocycles. The van der Waals surface area contributed by atoms with Crippen LogP contribution in [-0.4, -0.2) is 34.1 Å². The molecule has 0 aliphatic carbocycles. The zero-order chi connectivity index (χ0) is 11.4. The number of thioether (sulfide) groups is 1. The molecule has 0 aromatic heterocycles. The fraction of sp³-hybridized carbons (Fsp3) is 0.700. The van der Waals surface area contributed by atoms with Gasteiger partial charge in [-0.25, -0.2) is 0 Å². The Hall–Kier alpha value is -0.840. The fourth-order valence-electron chi connectivity index (χ4n) is 0.982. The quantitative estimate of drug-likeness (QED) is 0.692. The van der Waals surface area contributed by atoms with E-state index < -0.39 is 0 Å². The van der Waals surface area contributed by atoms with E-state index in [1.165, 1.54) is 16.8 Å². The van der Waals surface area contributed by atoms with Gasteiger partial charge in [-0.15, -0.1) is 0 Å². The summed E-state index contributed by atoms with van der Waals surface area (Å²) in [6.45, 7) is 8.02. The Bertz CT molecular complexity index is 297. The Labute approximate surface area is 94.8 Å². The Morgan fingerprint density at radius 2 is 2.07 bits per heavy atom. The Balaban J connectivity index is 2.78. The van der Waals surface area contributed by atoms with E-state index in [4.69, 9.17) is 0 Å². The van der Waals surface area contributed by atoms with E-state index in [-0.39, 0.29) is 11.9 Å². The van der Waals surface area contributed by atoms with Gasteiger partial charge in [0.2, 0.25) is 0 Å². The smallest absolute Gasteiger partial charge is 0.259 e. The molecular weight excluding hydrogens is 210 g/mol. The first-order chi connectivity index (χ1) is 7.00. The van der Waals surface area contributed by atoms with Crippen LogP contribution in [0, 0.1) is 5.92 Å². The third kappa shape index (κ3) is 3.66. The van der Waals surface area contributed by atoms with E-state index in [0.29, 0.717) is 16.8 Å². The molecule has 84 valence electrons. The second-order valence-corrected chi connectivity index (χ2v) is 4.95. The van der Waals surface area contributed by atoms with Crippen molar-refractivity contribution in [1.29, 1.82) is 0 Å². The number of amidine groups is 1. The maximum Gasteiger partial charge on any atom is 0.259 e. The minimum atomic E-state index is 0.0105. The second kappa shape index (κ2) is 5.30. The van der Waals surface area contributed by atoms with Crippen molar-refractivity contribution in [3.8, 4) is 0 Å². The number of hydrogen-bond donors (Lipinski definition) is 0. The van der Waals surface area contributed by atoms with E-state index >= 15 is 0 Å². The van der Waals surface area contributed by atoms with Crippen LogP contribution in [0.2, 0.25) is 0 Å². The number of carbonyl (C=O) groups is 1. The van der Waals surface area contributed by atoms with Gasteiger partial charge in [0.25, 0.3) is 5.91 Å². The molecule has 1 heterocycles. The molecule has 0 aromatic carbocycles. The predicted octanol–water partition coefficient (Wildman–Crippen LogP) is 1.97. The maximum atomic E-state index is 11.5. The third-order valence-corrected chi connectivity index (χ3v) is 2.52. The first-order valence-electron chi connectivity index (χ1n) is 5.08. The molecule has 1 rings (SSSR count). The van der Waals surface area contributed by atoms with Gasteiger partial charge >= 0.3 is 0 Å². The standard InChI is InChI=1S/C10H17N3OS/c1-7(2)5-11-13-9(14)6-15-10(13)12-8(3)4/h5,7-8H,6H2,1-4H3/b11-5+,12-10?. The summed E-state index contributed by atoms with van der Waals surface area (Å²) in [6, 6.07) is 0.190. The van der Waals surface area contributed by atoms with Crippen molar-refractivity contribution in [2.45, 2.75) is 33.7 Å². The molecule has 0 spiro atoms. The number of hydrazone groups is 1. The van der Waals surface area contributed by atoms with Gasteiger partial charge in [-0.1, -0.05) is 25.6 Å². The van der Waals surface area contributed by atoms with E-state index in [1.54, 1.807) is 6.21 Å². The highest BCUT2D eigenvalue weighted by Crippen LogP contribution is 2.20. The summed E-state index contributed by atoms with van der Waals surface area (Å²) in [5.41, 5.74) is 0. The molecule has 0 radical (unpaired) electrons. The lowest BCUT2D eigenvalue weighted by Gasteiger charge is -2.10. The summed E-state index contributed by atoms with van der Waals surface area (Å²) in [6.07, 6.45) is 1.76. The van der Waals surface area contributed by atoms with Gasteiger partial charge in [-0.05, 0) is 19.8 Å². The SMILES string of the molecule is CC(C)/C=N/N1C(=O)CSC1=NC(C)C. The lowest BCUT2D eigenvalue weighted by molar-refractivity contribution is -0.124. The number of nitrogens with zero attached hydrogens (tertiary/aromatic N) is 3. The monoisotopic (exact) mass is 227 g/mol. The summed E-state index contributed by atoms with van der Waals surface area (Å²) in [5, 5.41) is 6.27. The highest BCUT2D eigenvalue weighted by atomic mass is 32.2. The van der Waals surface area contributed by atoms with Crippen molar-refractivity contribution in [3.63, 3.8) is 0 Å². The minimum absolute atomic E-state index is 0.0105. The van der Waals surface area contributed by atoms with Gasteiger partial charge in [-0.3, -0.25) is 9.79 Å². The molecule has 0 aromatic rings. The first kappa shape index (κ1) is 12.2. The van der Waals surface area contributed by atoms with Crippen LogP contribution in [0.25, 0.3) is 0 Å². The average Bonchev–Trinajstić information content (AvgIpc) is 2.43. The number of carbonyl (C=O) groups excluding carboxylic acids is 1. The van der Waals surface area contributed by atoms with Gasteiger partial charge in [0.1, 0.15) is 0 Å². The van der Waals surface area contributed by atoms with Crippen LogP contribution >= 0.6 is 11.8 Å². The third-order valence-electron chi connectivity index (χ3n) is 1.59. The molecule has 15 heavy (non-hydrogen) atoms. The van der Waals surface area contributed by atoms with Gasteiger partial charge in [0.15, 0.2) is 5.17 Å². The van der Waals surface area contributed by atoms with Gasteiger partial charge in [0, 0.05) is 12.3 Å². The molecule has 0 unspecified atom stereocenters. The fourth-order valence-corrected chi connectivity index (χ4v) is 1.91. The van der Waals surface area contributed by atoms with Crippen LogP contribution in [0.15, 0.2) is 10.1 Å². The van der Waals surface area contributed by atoms with E-state index in [1.807, 2.05) is 27.7 Å². The zero-order valence-electron chi connectivity index (χ0n) is 9.60. The summed E-state index contributed by atoms with van der Waals surface area (Å²) < 4.78 is 0. The topological polar surface area (TPSA) is 45.0 Å². The minimum Gasteiger partial charge on any atom is -0.271 e. The van der Waals surface area contributed by atoms with Crippen LogP contribution in [-0.2, 0) is 4.79 Å². The Morgan fingerprint density at radius 3 is 2.60 bits per heavy atom. The number of amides is 1. The van der Waals surface area contributed by atoms with Crippen LogP contribution < -0.4 is 0 Å². The van der Waals surface area contributed by atoms with Crippen molar-refractivity contribution in [2.24, 2.45) is 16.0 Å². The molecule has 0 atom stereocenters. The van der Waals surface area contributed by atoms with E-state index in [2.05, 4.69) is 10.1 Å². The average molecular weight is 227 g/mol. The molecule has 1 aliphatic rings. The maximum absolute atomic E-state index is 11.5. The summed E-state index contributed by atoms with van der Waals surface area (Å²) in [4.78, 5) is 15.8. The lowest BCUT2D eigenvalue weighted by atomic mass is 10.3. The number of hydrogen-bond acceptors (Lipinski definition) is 4. The van der Waals surface area contributed by atoms with Crippen LogP contribution in [0.5, 0.6) is 0 Å². The molecule has 1 amide bonds. The van der Waals surface area contributed by atoms with Crippen LogP contribution in [0.4, 0.5) is 0 Å². The molecular formula is C10H17N3OS. The van der Waals surface area contributed by atoms with Crippen LogP contribution in [0.1, 0.15) is 27.7 Å². The molecule has 0 N–H and O–H groups in total. The summed E-state index contributed by atoms with van der Waals surface area (Å²) in [7, 11) is 0. The molecule has 1 fully saturated rings. The molecule has 4 nitrogen and oxygen atoms in total. The normalized spacial score (nSPS) is 20.5. The van der Waals surface area contributed by atoms with Crippen molar-refractivity contribution >= 4 is 29.1 Å². The Kier molecular flexibility index (Phi) is 4.32. The largest absolute Gasteiger partial charge is 0.271 e. The Morgan fingerprint density at radius 1 is 1.40 bits per heavy atom. The highest BCUT2D eigenvalue weighted by Gasteiger charge is 2.27. The van der Waals surface area contributed by atoms with Crippen molar-refractivity contribution in [2.75, 3.05) is 5.75 Å². The highest BCUT2D eigenvalue weighted by molar-refractivity contribution is 8.15. The van der Waals surface area contributed by atoms with Gasteiger partial charge in [-0.2, -0.15) is 10.1 Å². The molecule has 0 saturated carbocycles. The van der Waals surface area contributed by atoms with Crippen molar-refractivity contribution in [3.05, 3.63) is 0 Å². The van der Waals surface area contributed by atoms with Gasteiger partial charge in [0.05, 0.1) is 5.75 Å². The predicted molar refractivity (Wildman–Crippen MR) is 65.2 cm³/mol. The van der Waals surface area contributed by atoms with E-state index in [9.17, 15) is 4.79 Å². The molecule has 5 heteroatoms. The molecule has 0 bridgehead atoms. The first-order valence-corrected chi connectivity index (χ1v) is 6.07. The number of rotatable bonds is 3. The summed E-state index contributed by atoms with van der Waals surface area (Å²) >= 11 is 1.45. The summed E-state index contributed by atoms with van der Waals surface area (Å²) in [5.74, 6) is 0.793. The van der Waals surface area contributed by atoms with Gasteiger partial charge < -0.3 is 0 Å². The van der Waals surface area contributed by atoms with Crippen LogP contribution in [0.3, 0.4) is 0 Å². The number of aliphatic imine (C=N–C) groups is 1. The lowest BCUT2D eigenvalue weighted by Crippen LogP contribution is -2.25. The van der Waals surface area contributed by atoms with Crippen molar-refractivity contribution in [1.82, 2.24) is 5.01 Å². The molecule has 1 saturated heterocycles. The second-order valence-electron chi connectivity index (χ2n) is 4.01. The van der Waals surface area contributed by atoms with E-state index in [0.717, 1.165) is 0 Å². The zero-order valence-corrected chi connectivity index (χ0v) is 10.4. The van der Waals surface area contributed by atoms with Crippen molar-refractivity contribution < 1.29 is 4.79 Å².